The summed E-state index contributed by atoms with van der Waals surface area (Å²) in [5.74, 6) is -0.891. The first-order valence-electron chi connectivity index (χ1n) is 1.63. The summed E-state index contributed by atoms with van der Waals surface area (Å²) in [7, 11) is 0. The molecule has 0 aromatic carbocycles. The molecule has 3 heteroatoms. The van der Waals surface area contributed by atoms with Gasteiger partial charge in [0, 0.05) is 6.08 Å². The van der Waals surface area contributed by atoms with Gasteiger partial charge in [-0.2, -0.15) is 0 Å². The molecule has 2 nitrogen and oxygen atoms in total. The molecule has 0 fully saturated rings. The van der Waals surface area contributed by atoms with Crippen molar-refractivity contribution in [2.45, 2.75) is 6.92 Å². The number of carboxylic acid groups (broad SMARTS) is 1. The minimum absolute atomic E-state index is 0. The summed E-state index contributed by atoms with van der Waals surface area (Å²) in [6.07, 6.45) is 2.56. The molecule has 0 saturated heterocycles. The molecule has 0 amide bonds. The second-order valence-corrected chi connectivity index (χ2v) is 0.838. The summed E-state index contributed by atoms with van der Waals surface area (Å²) in [6.45, 7) is 1.66. The van der Waals surface area contributed by atoms with Crippen LogP contribution in [0, 0.1) is 0 Å². The molecule has 0 saturated carbocycles. The standard InChI is InChI=1S/C4H6O2.Na.H/c1-2-3-4(5)6;;/h2-3H,1H3,(H,5,6);;/b3-2+;;. The maximum atomic E-state index is 9.51. The van der Waals surface area contributed by atoms with Crippen molar-refractivity contribution in [1.29, 1.82) is 0 Å². The molecule has 0 rings (SSSR count). The molecular formula is C4H7NaO2. The Balaban J connectivity index is 0. The maximum absolute atomic E-state index is 9.51. The van der Waals surface area contributed by atoms with Crippen LogP contribution in [0.4, 0.5) is 0 Å². The molecular weight excluding hydrogens is 103 g/mol. The third-order valence-electron chi connectivity index (χ3n) is 0.309. The first-order chi connectivity index (χ1) is 2.77. The fraction of sp³-hybridized carbons (Fsp3) is 0.250. The van der Waals surface area contributed by atoms with E-state index in [-0.39, 0.29) is 29.6 Å². The van der Waals surface area contributed by atoms with Gasteiger partial charge in [-0.3, -0.25) is 0 Å². The van der Waals surface area contributed by atoms with Crippen molar-refractivity contribution in [3.63, 3.8) is 0 Å². The van der Waals surface area contributed by atoms with Crippen molar-refractivity contribution >= 4 is 35.5 Å². The molecule has 7 heavy (non-hydrogen) atoms. The van der Waals surface area contributed by atoms with Crippen molar-refractivity contribution in [3.8, 4) is 0 Å². The Bertz CT molecular complexity index is 77.8. The van der Waals surface area contributed by atoms with Crippen LogP contribution in [0.3, 0.4) is 0 Å². The van der Waals surface area contributed by atoms with Crippen LogP contribution in [0.5, 0.6) is 0 Å². The fourth-order valence-corrected chi connectivity index (χ4v) is 0.143. The van der Waals surface area contributed by atoms with Crippen LogP contribution in [-0.2, 0) is 4.79 Å². The van der Waals surface area contributed by atoms with Gasteiger partial charge in [0.2, 0.25) is 0 Å². The monoisotopic (exact) mass is 110 g/mol. The number of rotatable bonds is 1. The van der Waals surface area contributed by atoms with Crippen LogP contribution in [0.15, 0.2) is 12.2 Å². The van der Waals surface area contributed by atoms with Gasteiger partial charge in [0.1, 0.15) is 0 Å². The van der Waals surface area contributed by atoms with Crippen molar-refractivity contribution in [2.24, 2.45) is 0 Å². The molecule has 0 aromatic rings. The van der Waals surface area contributed by atoms with E-state index in [1.54, 1.807) is 6.92 Å². The van der Waals surface area contributed by atoms with E-state index in [2.05, 4.69) is 0 Å². The Hall–Kier alpha value is 0.210. The quantitative estimate of drug-likeness (QED) is 0.381. The van der Waals surface area contributed by atoms with Crippen LogP contribution in [0.25, 0.3) is 0 Å². The SMILES string of the molecule is C/C=C/C(=O)O.[NaH]. The van der Waals surface area contributed by atoms with E-state index >= 15 is 0 Å². The van der Waals surface area contributed by atoms with Crippen LogP contribution in [-0.4, -0.2) is 40.6 Å². The van der Waals surface area contributed by atoms with Crippen LogP contribution >= 0.6 is 0 Å². The second kappa shape index (κ2) is 6.21. The first kappa shape index (κ1) is 10.2. The van der Waals surface area contributed by atoms with Crippen molar-refractivity contribution in [3.05, 3.63) is 12.2 Å². The number of carboxylic acids is 1. The molecule has 0 atom stereocenters. The van der Waals surface area contributed by atoms with E-state index in [4.69, 9.17) is 5.11 Å². The summed E-state index contributed by atoms with van der Waals surface area (Å²) in [5, 5.41) is 7.83. The van der Waals surface area contributed by atoms with Gasteiger partial charge in [0.15, 0.2) is 0 Å². The average molecular weight is 110 g/mol. The summed E-state index contributed by atoms with van der Waals surface area (Å²) in [5.41, 5.74) is 0. The van der Waals surface area contributed by atoms with Crippen LogP contribution in [0.1, 0.15) is 6.92 Å². The Morgan fingerprint density at radius 3 is 2.14 bits per heavy atom. The van der Waals surface area contributed by atoms with E-state index in [1.165, 1.54) is 6.08 Å². The van der Waals surface area contributed by atoms with Crippen LogP contribution < -0.4 is 0 Å². The Morgan fingerprint density at radius 2 is 2.14 bits per heavy atom. The normalized spacial score (nSPS) is 8.14. The third kappa shape index (κ3) is 10.7. The summed E-state index contributed by atoms with van der Waals surface area (Å²) >= 11 is 0. The summed E-state index contributed by atoms with van der Waals surface area (Å²) in [4.78, 5) is 9.51. The van der Waals surface area contributed by atoms with E-state index in [9.17, 15) is 4.79 Å². The molecule has 36 valence electrons. The Labute approximate surface area is 64.5 Å². The Kier molecular flexibility index (Phi) is 9.09. The number of hydrogen-bond donors (Lipinski definition) is 1. The molecule has 0 bridgehead atoms. The third-order valence-corrected chi connectivity index (χ3v) is 0.309. The van der Waals surface area contributed by atoms with E-state index in [0.717, 1.165) is 6.08 Å². The number of allylic oxidation sites excluding steroid dienone is 1. The number of carbonyl (C=O) groups is 1. The van der Waals surface area contributed by atoms with E-state index in [0.29, 0.717) is 0 Å². The summed E-state index contributed by atoms with van der Waals surface area (Å²) < 4.78 is 0. The van der Waals surface area contributed by atoms with Gasteiger partial charge in [-0.05, 0) is 6.92 Å². The van der Waals surface area contributed by atoms with Crippen molar-refractivity contribution in [1.82, 2.24) is 0 Å². The number of hydrogen-bond acceptors (Lipinski definition) is 1. The topological polar surface area (TPSA) is 37.3 Å². The zero-order valence-corrected chi connectivity index (χ0v) is 3.51. The zero-order valence-electron chi connectivity index (χ0n) is 3.51. The molecule has 0 aliphatic carbocycles. The molecule has 0 spiro atoms. The molecule has 0 heterocycles. The van der Waals surface area contributed by atoms with Gasteiger partial charge in [-0.15, -0.1) is 0 Å². The van der Waals surface area contributed by atoms with Crippen molar-refractivity contribution in [2.75, 3.05) is 0 Å². The minimum atomic E-state index is -0.891. The predicted octanol–water partition coefficient (Wildman–Crippen LogP) is -0.00140. The van der Waals surface area contributed by atoms with Gasteiger partial charge in [-0.25, -0.2) is 4.79 Å². The van der Waals surface area contributed by atoms with Gasteiger partial charge < -0.3 is 5.11 Å². The van der Waals surface area contributed by atoms with Crippen LogP contribution in [0.2, 0.25) is 0 Å². The Morgan fingerprint density at radius 1 is 1.71 bits per heavy atom. The van der Waals surface area contributed by atoms with Gasteiger partial charge in [0.25, 0.3) is 0 Å². The second-order valence-electron chi connectivity index (χ2n) is 0.838. The van der Waals surface area contributed by atoms with E-state index < -0.39 is 5.97 Å². The molecule has 0 radical (unpaired) electrons. The molecule has 0 unspecified atom stereocenters. The van der Waals surface area contributed by atoms with E-state index in [1.807, 2.05) is 0 Å². The first-order valence-corrected chi connectivity index (χ1v) is 1.63. The average Bonchev–Trinajstić information content (AvgIpc) is 1.35. The number of aliphatic carboxylic acids is 1. The van der Waals surface area contributed by atoms with Gasteiger partial charge >= 0.3 is 35.5 Å². The van der Waals surface area contributed by atoms with Crippen molar-refractivity contribution < 1.29 is 9.90 Å². The molecule has 0 aliphatic rings. The zero-order chi connectivity index (χ0) is 4.99. The predicted molar refractivity (Wildman–Crippen MR) is 29.6 cm³/mol. The molecule has 1 N–H and O–H groups in total. The molecule has 0 aliphatic heterocycles. The molecule has 0 aromatic heterocycles. The fourth-order valence-electron chi connectivity index (χ4n) is 0.143. The van der Waals surface area contributed by atoms with Gasteiger partial charge in [0.05, 0.1) is 0 Å². The summed E-state index contributed by atoms with van der Waals surface area (Å²) in [6, 6.07) is 0. The van der Waals surface area contributed by atoms with Gasteiger partial charge in [-0.1, -0.05) is 6.08 Å².